The number of methoxy groups -OCH3 is 1. The number of imidazole rings is 1. The van der Waals surface area contributed by atoms with E-state index in [2.05, 4.69) is 9.72 Å². The molecule has 1 aromatic carbocycles. The van der Waals surface area contributed by atoms with E-state index in [-0.39, 0.29) is 5.97 Å². The van der Waals surface area contributed by atoms with Gasteiger partial charge < -0.3 is 4.74 Å². The quantitative estimate of drug-likeness (QED) is 0.605. The lowest BCUT2D eigenvalue weighted by molar-refractivity contribution is 0.0601. The van der Waals surface area contributed by atoms with Gasteiger partial charge in [0, 0.05) is 12.4 Å². The van der Waals surface area contributed by atoms with Crippen molar-refractivity contribution < 1.29 is 9.53 Å². The topological polar surface area (TPSA) is 43.6 Å². The van der Waals surface area contributed by atoms with Crippen molar-refractivity contribution in [2.45, 2.75) is 0 Å². The first-order chi connectivity index (χ1) is 7.79. The van der Waals surface area contributed by atoms with Gasteiger partial charge in [-0.05, 0) is 18.2 Å². The molecule has 0 aliphatic heterocycles. The maximum absolute atomic E-state index is 11.4. The van der Waals surface area contributed by atoms with Crippen LogP contribution >= 0.6 is 11.3 Å². The molecule has 0 amide bonds. The van der Waals surface area contributed by atoms with Crippen LogP contribution in [-0.4, -0.2) is 22.5 Å². The Kier molecular flexibility index (Phi) is 1.94. The molecule has 0 atom stereocenters. The van der Waals surface area contributed by atoms with Crippen molar-refractivity contribution in [3.05, 3.63) is 36.2 Å². The van der Waals surface area contributed by atoms with Crippen molar-refractivity contribution in [3.63, 3.8) is 0 Å². The summed E-state index contributed by atoms with van der Waals surface area (Å²) < 4.78 is 7.72. The Hall–Kier alpha value is -1.88. The minimum absolute atomic E-state index is 0.312. The molecule has 16 heavy (non-hydrogen) atoms. The lowest BCUT2D eigenvalue weighted by Gasteiger charge is -1.98. The zero-order chi connectivity index (χ0) is 11.1. The molecule has 0 saturated carbocycles. The summed E-state index contributed by atoms with van der Waals surface area (Å²) in [5.41, 5.74) is 1.63. The summed E-state index contributed by atoms with van der Waals surface area (Å²) in [4.78, 5) is 16.5. The van der Waals surface area contributed by atoms with Crippen molar-refractivity contribution in [2.24, 2.45) is 0 Å². The second-order valence-electron chi connectivity index (χ2n) is 3.36. The summed E-state index contributed by atoms with van der Waals surface area (Å²) in [6, 6.07) is 5.51. The minimum Gasteiger partial charge on any atom is -0.465 e. The lowest BCUT2D eigenvalue weighted by atomic mass is 10.2. The zero-order valence-corrected chi connectivity index (χ0v) is 9.32. The molecule has 5 heteroatoms. The Morgan fingerprint density at radius 3 is 3.19 bits per heavy atom. The second kappa shape index (κ2) is 3.31. The third-order valence-electron chi connectivity index (χ3n) is 2.45. The Morgan fingerprint density at radius 1 is 1.50 bits per heavy atom. The number of hydrogen-bond acceptors (Lipinski definition) is 4. The highest BCUT2D eigenvalue weighted by atomic mass is 32.1. The van der Waals surface area contributed by atoms with Gasteiger partial charge in [-0.1, -0.05) is 11.3 Å². The Labute approximate surface area is 95.1 Å². The van der Waals surface area contributed by atoms with Crippen LogP contribution < -0.4 is 0 Å². The van der Waals surface area contributed by atoms with Crippen molar-refractivity contribution in [1.29, 1.82) is 0 Å². The van der Waals surface area contributed by atoms with Gasteiger partial charge in [-0.15, -0.1) is 0 Å². The van der Waals surface area contributed by atoms with E-state index in [1.807, 2.05) is 22.7 Å². The first-order valence-corrected chi connectivity index (χ1v) is 5.55. The molecule has 2 aromatic heterocycles. The summed E-state index contributed by atoms with van der Waals surface area (Å²) in [7, 11) is 1.38. The van der Waals surface area contributed by atoms with Gasteiger partial charge in [-0.2, -0.15) is 0 Å². The fourth-order valence-corrected chi connectivity index (χ4v) is 2.71. The molecular formula is C11H8N2O2S. The molecule has 4 nitrogen and oxygen atoms in total. The highest BCUT2D eigenvalue weighted by Crippen LogP contribution is 2.26. The number of carbonyl (C=O) groups excluding carboxylic acids is 1. The number of ether oxygens (including phenoxy) is 1. The van der Waals surface area contributed by atoms with Crippen molar-refractivity contribution >= 4 is 32.5 Å². The average molecular weight is 232 g/mol. The van der Waals surface area contributed by atoms with Crippen LogP contribution in [0.15, 0.2) is 30.6 Å². The number of fused-ring (bicyclic) bond motifs is 3. The van der Waals surface area contributed by atoms with E-state index < -0.39 is 0 Å². The number of nitrogens with zero attached hydrogens (tertiary/aromatic N) is 2. The fourth-order valence-electron chi connectivity index (χ4n) is 1.69. The molecule has 3 aromatic rings. The van der Waals surface area contributed by atoms with Crippen LogP contribution in [-0.2, 0) is 4.74 Å². The van der Waals surface area contributed by atoms with Gasteiger partial charge in [0.2, 0.25) is 0 Å². The van der Waals surface area contributed by atoms with Crippen LogP contribution in [0.1, 0.15) is 10.4 Å². The number of esters is 1. The highest BCUT2D eigenvalue weighted by molar-refractivity contribution is 7.23. The zero-order valence-electron chi connectivity index (χ0n) is 8.51. The standard InChI is InChI=1S/C11H8N2O2S/c1-15-10(14)7-2-3-8-9(6-7)16-11-12-4-5-13(8)11/h2-6H,1H3. The summed E-state index contributed by atoms with van der Waals surface area (Å²) in [6.45, 7) is 0. The smallest absolute Gasteiger partial charge is 0.337 e. The van der Waals surface area contributed by atoms with Crippen molar-refractivity contribution in [2.75, 3.05) is 7.11 Å². The Balaban J connectivity index is 2.28. The maximum Gasteiger partial charge on any atom is 0.337 e. The number of thiazole rings is 1. The van der Waals surface area contributed by atoms with Crippen LogP contribution in [0, 0.1) is 0 Å². The monoisotopic (exact) mass is 232 g/mol. The largest absolute Gasteiger partial charge is 0.465 e. The molecule has 0 unspecified atom stereocenters. The number of benzene rings is 1. The SMILES string of the molecule is COC(=O)c1ccc2c(c1)sc1nccn12. The van der Waals surface area contributed by atoms with Gasteiger partial charge in [0.15, 0.2) is 4.96 Å². The molecule has 2 heterocycles. The summed E-state index contributed by atoms with van der Waals surface area (Å²) in [6.07, 6.45) is 3.67. The predicted molar refractivity (Wildman–Crippen MR) is 61.9 cm³/mol. The summed E-state index contributed by atoms with van der Waals surface area (Å²) in [5, 5.41) is 0. The summed E-state index contributed by atoms with van der Waals surface area (Å²) >= 11 is 1.55. The number of rotatable bonds is 1. The van der Waals surface area contributed by atoms with Crippen molar-refractivity contribution in [1.82, 2.24) is 9.38 Å². The minimum atomic E-state index is -0.312. The number of carbonyl (C=O) groups is 1. The Morgan fingerprint density at radius 2 is 2.38 bits per heavy atom. The number of hydrogen-bond donors (Lipinski definition) is 0. The maximum atomic E-state index is 11.4. The van der Waals surface area contributed by atoms with E-state index in [4.69, 9.17) is 0 Å². The molecule has 0 spiro atoms. The third-order valence-corrected chi connectivity index (χ3v) is 3.48. The molecular weight excluding hydrogens is 224 g/mol. The van der Waals surface area contributed by atoms with Crippen LogP contribution in [0.2, 0.25) is 0 Å². The van der Waals surface area contributed by atoms with Gasteiger partial charge in [-0.25, -0.2) is 9.78 Å². The molecule has 0 aliphatic rings. The van der Waals surface area contributed by atoms with Crippen molar-refractivity contribution in [3.8, 4) is 0 Å². The molecule has 0 radical (unpaired) electrons. The van der Waals surface area contributed by atoms with E-state index in [0.717, 1.165) is 15.2 Å². The van der Waals surface area contributed by atoms with Crippen LogP contribution in [0.5, 0.6) is 0 Å². The van der Waals surface area contributed by atoms with Crippen LogP contribution in [0.4, 0.5) is 0 Å². The number of aromatic nitrogens is 2. The average Bonchev–Trinajstić information content (AvgIpc) is 2.86. The molecule has 0 N–H and O–H groups in total. The van der Waals surface area contributed by atoms with Gasteiger partial charge in [0.1, 0.15) is 0 Å². The van der Waals surface area contributed by atoms with Gasteiger partial charge in [-0.3, -0.25) is 4.40 Å². The van der Waals surface area contributed by atoms with E-state index in [9.17, 15) is 4.79 Å². The normalized spacial score (nSPS) is 11.1. The highest BCUT2D eigenvalue weighted by Gasteiger charge is 2.09. The van der Waals surface area contributed by atoms with E-state index in [1.165, 1.54) is 7.11 Å². The third kappa shape index (κ3) is 1.22. The van der Waals surface area contributed by atoms with Gasteiger partial charge in [0.25, 0.3) is 0 Å². The predicted octanol–water partition coefficient (Wildman–Crippen LogP) is 2.34. The molecule has 0 bridgehead atoms. The first kappa shape index (κ1) is 9.35. The molecule has 3 rings (SSSR count). The van der Waals surface area contributed by atoms with E-state index in [1.54, 1.807) is 23.6 Å². The van der Waals surface area contributed by atoms with E-state index >= 15 is 0 Å². The van der Waals surface area contributed by atoms with E-state index in [0.29, 0.717) is 5.56 Å². The molecule has 80 valence electrons. The Bertz CT molecular complexity index is 683. The lowest BCUT2D eigenvalue weighted by Crippen LogP contribution is -2.00. The second-order valence-corrected chi connectivity index (χ2v) is 4.37. The first-order valence-electron chi connectivity index (χ1n) is 4.73. The molecule has 0 saturated heterocycles. The summed E-state index contributed by atoms with van der Waals surface area (Å²) in [5.74, 6) is -0.312. The molecule has 0 fully saturated rings. The fraction of sp³-hybridized carbons (Fsp3) is 0.0909. The molecule has 0 aliphatic carbocycles. The van der Waals surface area contributed by atoms with Crippen LogP contribution in [0.3, 0.4) is 0 Å². The van der Waals surface area contributed by atoms with Crippen LogP contribution in [0.25, 0.3) is 15.2 Å². The van der Waals surface area contributed by atoms with Gasteiger partial charge in [0.05, 0.1) is 22.9 Å². The van der Waals surface area contributed by atoms with Gasteiger partial charge >= 0.3 is 5.97 Å².